The molecule has 3 aliphatic heterocycles. The Hall–Kier alpha value is -1.43. The summed E-state index contributed by atoms with van der Waals surface area (Å²) in [6, 6.07) is 9.90. The van der Waals surface area contributed by atoms with E-state index in [0.717, 1.165) is 25.9 Å². The summed E-state index contributed by atoms with van der Waals surface area (Å²) in [5.41, 5.74) is 1.21. The van der Waals surface area contributed by atoms with Gasteiger partial charge < -0.3 is 15.1 Å². The van der Waals surface area contributed by atoms with Gasteiger partial charge in [0.05, 0.1) is 5.56 Å². The third-order valence-corrected chi connectivity index (χ3v) is 6.35. The van der Waals surface area contributed by atoms with Gasteiger partial charge in [-0.2, -0.15) is 0 Å². The molecule has 5 nitrogen and oxygen atoms in total. The zero-order valence-corrected chi connectivity index (χ0v) is 15.0. The minimum atomic E-state index is -0.243. The highest BCUT2D eigenvalue weighted by Gasteiger charge is 2.39. The maximum atomic E-state index is 12.2. The first-order chi connectivity index (χ1) is 12.2. The SMILES string of the molecule is O=C(ON1CCC(N2CCC3(CCNC3)CC2)CC1)c1ccccc1. The van der Waals surface area contributed by atoms with Gasteiger partial charge in [0.1, 0.15) is 0 Å². The van der Waals surface area contributed by atoms with Gasteiger partial charge in [-0.25, -0.2) is 4.79 Å². The Morgan fingerprint density at radius 1 is 1.04 bits per heavy atom. The van der Waals surface area contributed by atoms with Crippen molar-refractivity contribution < 1.29 is 9.63 Å². The second-order valence-corrected chi connectivity index (χ2v) is 7.87. The highest BCUT2D eigenvalue weighted by Crippen LogP contribution is 2.38. The van der Waals surface area contributed by atoms with E-state index in [4.69, 9.17) is 4.84 Å². The molecule has 0 aromatic heterocycles. The minimum Gasteiger partial charge on any atom is -0.364 e. The van der Waals surface area contributed by atoms with Crippen LogP contribution in [0.15, 0.2) is 30.3 Å². The molecule has 1 aromatic rings. The molecular formula is C20H29N3O2. The molecule has 0 atom stereocenters. The summed E-state index contributed by atoms with van der Waals surface area (Å²) in [5.74, 6) is -0.243. The summed E-state index contributed by atoms with van der Waals surface area (Å²) < 4.78 is 0. The van der Waals surface area contributed by atoms with Crippen LogP contribution >= 0.6 is 0 Å². The number of hydrogen-bond acceptors (Lipinski definition) is 5. The standard InChI is InChI=1S/C20H29N3O2/c24-19(17-4-2-1-3-5-17)25-23-12-6-18(7-13-23)22-14-9-20(10-15-22)8-11-21-16-20/h1-5,18,21H,6-16H2. The third kappa shape index (κ3) is 3.89. The molecule has 3 heterocycles. The second kappa shape index (κ2) is 7.44. The lowest BCUT2D eigenvalue weighted by atomic mass is 9.77. The molecule has 0 bridgehead atoms. The fraction of sp³-hybridized carbons (Fsp3) is 0.650. The molecule has 3 fully saturated rings. The summed E-state index contributed by atoms with van der Waals surface area (Å²) >= 11 is 0. The highest BCUT2D eigenvalue weighted by molar-refractivity contribution is 5.89. The van der Waals surface area contributed by atoms with E-state index in [1.165, 1.54) is 45.4 Å². The average Bonchev–Trinajstić information content (AvgIpc) is 3.12. The van der Waals surface area contributed by atoms with E-state index in [0.29, 0.717) is 17.0 Å². The molecule has 136 valence electrons. The van der Waals surface area contributed by atoms with Gasteiger partial charge in [-0.3, -0.25) is 0 Å². The van der Waals surface area contributed by atoms with Crippen molar-refractivity contribution >= 4 is 5.97 Å². The number of likely N-dealkylation sites (tertiary alicyclic amines) is 1. The Morgan fingerprint density at radius 2 is 1.76 bits per heavy atom. The lowest BCUT2D eigenvalue weighted by Crippen LogP contribution is -2.50. The molecule has 0 saturated carbocycles. The van der Waals surface area contributed by atoms with Crippen molar-refractivity contribution in [2.45, 2.75) is 38.1 Å². The van der Waals surface area contributed by atoms with Gasteiger partial charge in [0, 0.05) is 25.7 Å². The predicted molar refractivity (Wildman–Crippen MR) is 97.2 cm³/mol. The Bertz CT molecular complexity index is 568. The molecule has 1 N–H and O–H groups in total. The largest absolute Gasteiger partial charge is 0.364 e. The number of nitrogens with one attached hydrogen (secondary N) is 1. The fourth-order valence-electron chi connectivity index (χ4n) is 4.63. The molecule has 1 spiro atoms. The van der Waals surface area contributed by atoms with Crippen molar-refractivity contribution in [2.24, 2.45) is 5.41 Å². The molecule has 25 heavy (non-hydrogen) atoms. The van der Waals surface area contributed by atoms with E-state index >= 15 is 0 Å². The van der Waals surface area contributed by atoms with E-state index in [-0.39, 0.29) is 5.97 Å². The molecule has 3 aliphatic rings. The van der Waals surface area contributed by atoms with Gasteiger partial charge >= 0.3 is 5.97 Å². The number of piperidine rings is 2. The summed E-state index contributed by atoms with van der Waals surface area (Å²) in [5, 5.41) is 5.39. The van der Waals surface area contributed by atoms with Crippen molar-refractivity contribution in [3.8, 4) is 0 Å². The van der Waals surface area contributed by atoms with E-state index in [1.54, 1.807) is 12.1 Å². The normalized spacial score (nSPS) is 25.3. The lowest BCUT2D eigenvalue weighted by molar-refractivity contribution is -0.130. The van der Waals surface area contributed by atoms with Crippen LogP contribution < -0.4 is 5.32 Å². The van der Waals surface area contributed by atoms with Crippen LogP contribution in [0.1, 0.15) is 42.5 Å². The predicted octanol–water partition coefficient (Wildman–Crippen LogP) is 2.30. The molecule has 0 unspecified atom stereocenters. The first-order valence-electron chi connectivity index (χ1n) is 9.71. The van der Waals surface area contributed by atoms with Gasteiger partial charge in [-0.1, -0.05) is 18.2 Å². The molecule has 3 saturated heterocycles. The topological polar surface area (TPSA) is 44.8 Å². The smallest absolute Gasteiger partial charge is 0.357 e. The number of benzene rings is 1. The quantitative estimate of drug-likeness (QED) is 0.912. The highest BCUT2D eigenvalue weighted by atomic mass is 16.7. The van der Waals surface area contributed by atoms with Crippen molar-refractivity contribution in [1.29, 1.82) is 0 Å². The summed E-state index contributed by atoms with van der Waals surface area (Å²) in [6.45, 7) is 6.56. The van der Waals surface area contributed by atoms with Gasteiger partial charge in [0.25, 0.3) is 0 Å². The van der Waals surface area contributed by atoms with Crippen LogP contribution in [0, 0.1) is 5.41 Å². The number of carbonyl (C=O) groups excluding carboxylic acids is 1. The van der Waals surface area contributed by atoms with Gasteiger partial charge in [-0.15, -0.1) is 5.06 Å². The Balaban J connectivity index is 1.23. The Labute approximate surface area is 150 Å². The van der Waals surface area contributed by atoms with Crippen LogP contribution in [0.2, 0.25) is 0 Å². The lowest BCUT2D eigenvalue weighted by Gasteiger charge is -2.44. The first-order valence-corrected chi connectivity index (χ1v) is 9.71. The zero-order valence-electron chi connectivity index (χ0n) is 15.0. The molecule has 0 aliphatic carbocycles. The minimum absolute atomic E-state index is 0.243. The number of carbonyl (C=O) groups is 1. The van der Waals surface area contributed by atoms with Crippen LogP contribution in [0.5, 0.6) is 0 Å². The average molecular weight is 343 g/mol. The Kier molecular flexibility index (Phi) is 5.06. The molecular weight excluding hydrogens is 314 g/mol. The van der Waals surface area contributed by atoms with Gasteiger partial charge in [-0.05, 0) is 69.3 Å². The van der Waals surface area contributed by atoms with Crippen LogP contribution in [0.25, 0.3) is 0 Å². The maximum Gasteiger partial charge on any atom is 0.357 e. The monoisotopic (exact) mass is 343 g/mol. The molecule has 5 heteroatoms. The first kappa shape index (κ1) is 17.0. The van der Waals surface area contributed by atoms with Crippen molar-refractivity contribution in [2.75, 3.05) is 39.3 Å². The zero-order chi connectivity index (χ0) is 17.1. The molecule has 1 aromatic carbocycles. The fourth-order valence-corrected chi connectivity index (χ4v) is 4.63. The van der Waals surface area contributed by atoms with E-state index < -0.39 is 0 Å². The van der Waals surface area contributed by atoms with Gasteiger partial charge in [0.2, 0.25) is 0 Å². The van der Waals surface area contributed by atoms with Gasteiger partial charge in [0.15, 0.2) is 0 Å². The number of nitrogens with zero attached hydrogens (tertiary/aromatic N) is 2. The van der Waals surface area contributed by atoms with Crippen molar-refractivity contribution in [3.05, 3.63) is 35.9 Å². The van der Waals surface area contributed by atoms with Crippen molar-refractivity contribution in [3.63, 3.8) is 0 Å². The summed E-state index contributed by atoms with van der Waals surface area (Å²) in [4.78, 5) is 20.4. The summed E-state index contributed by atoms with van der Waals surface area (Å²) in [6.07, 6.45) is 6.21. The Morgan fingerprint density at radius 3 is 2.40 bits per heavy atom. The maximum absolute atomic E-state index is 12.2. The number of hydroxylamine groups is 2. The summed E-state index contributed by atoms with van der Waals surface area (Å²) in [7, 11) is 0. The number of hydrogen-bond donors (Lipinski definition) is 1. The molecule has 0 radical (unpaired) electrons. The molecule has 4 rings (SSSR count). The second-order valence-electron chi connectivity index (χ2n) is 7.87. The molecule has 0 amide bonds. The van der Waals surface area contributed by atoms with Crippen LogP contribution in [-0.2, 0) is 4.84 Å². The van der Waals surface area contributed by atoms with Crippen molar-refractivity contribution in [1.82, 2.24) is 15.3 Å². The van der Waals surface area contributed by atoms with E-state index in [9.17, 15) is 4.79 Å². The van der Waals surface area contributed by atoms with Crippen LogP contribution in [0.3, 0.4) is 0 Å². The number of rotatable bonds is 3. The third-order valence-electron chi connectivity index (χ3n) is 6.35. The van der Waals surface area contributed by atoms with Crippen LogP contribution in [0.4, 0.5) is 0 Å². The van der Waals surface area contributed by atoms with E-state index in [2.05, 4.69) is 10.2 Å². The van der Waals surface area contributed by atoms with Crippen LogP contribution in [-0.4, -0.2) is 61.2 Å². The van der Waals surface area contributed by atoms with E-state index in [1.807, 2.05) is 23.3 Å².